The van der Waals surface area contributed by atoms with E-state index < -0.39 is 4.92 Å². The first-order valence-electron chi connectivity index (χ1n) is 3.83. The lowest BCUT2D eigenvalue weighted by Crippen LogP contribution is -1.92. The number of nitro benzene ring substituents is 1. The minimum Gasteiger partial charge on any atom is -0.502 e. The maximum Gasteiger partial charge on any atom is 0.312 e. The summed E-state index contributed by atoms with van der Waals surface area (Å²) < 4.78 is 0.568. The van der Waals surface area contributed by atoms with Crippen LogP contribution in [-0.2, 0) is 6.42 Å². The first kappa shape index (κ1) is 10.7. The third-order valence-electron chi connectivity index (χ3n) is 1.69. The predicted molar refractivity (Wildman–Crippen MR) is 56.4 cm³/mol. The number of rotatable bonds is 3. The number of hydrogen-bond donors (Lipinski definition) is 1. The van der Waals surface area contributed by atoms with Crippen LogP contribution in [0.4, 0.5) is 5.69 Å². The van der Waals surface area contributed by atoms with Gasteiger partial charge in [-0.05, 0) is 12.5 Å². The van der Waals surface area contributed by atoms with E-state index in [1.807, 2.05) is 0 Å². The van der Waals surface area contributed by atoms with E-state index in [2.05, 4.69) is 22.5 Å². The van der Waals surface area contributed by atoms with Crippen molar-refractivity contribution in [2.24, 2.45) is 0 Å². The van der Waals surface area contributed by atoms with Crippen LogP contribution in [-0.4, -0.2) is 10.0 Å². The molecule has 0 atom stereocenters. The Bertz CT molecular complexity index is 390. The molecule has 0 aromatic heterocycles. The van der Waals surface area contributed by atoms with Gasteiger partial charge in [-0.2, -0.15) is 0 Å². The summed E-state index contributed by atoms with van der Waals surface area (Å²) in [5.41, 5.74) is 0.192. The second kappa shape index (κ2) is 4.23. The van der Waals surface area contributed by atoms with Gasteiger partial charge in [0.05, 0.1) is 4.92 Å². The Balaban J connectivity index is 3.31. The van der Waals surface area contributed by atoms with Crippen LogP contribution in [0.2, 0.25) is 0 Å². The van der Waals surface area contributed by atoms with Crippen molar-refractivity contribution in [3.05, 3.63) is 44.9 Å². The number of phenols is 1. The molecule has 5 heteroatoms. The van der Waals surface area contributed by atoms with Gasteiger partial charge in [0.15, 0.2) is 5.75 Å². The minimum atomic E-state index is -0.618. The molecule has 14 heavy (non-hydrogen) atoms. The quantitative estimate of drug-likeness (QED) is 0.515. The standard InChI is InChI=1S/C9H8BrNO3/c1-2-3-6-4-7(10)5-8(9(6)12)11(13)14/h2,4-5,12H,1,3H2. The highest BCUT2D eigenvalue weighted by Gasteiger charge is 2.17. The highest BCUT2D eigenvalue weighted by atomic mass is 79.9. The summed E-state index contributed by atoms with van der Waals surface area (Å²) in [6, 6.07) is 2.89. The van der Waals surface area contributed by atoms with E-state index in [0.29, 0.717) is 16.5 Å². The van der Waals surface area contributed by atoms with Crippen molar-refractivity contribution in [3.63, 3.8) is 0 Å². The average Bonchev–Trinajstić information content (AvgIpc) is 2.10. The molecule has 0 bridgehead atoms. The number of nitro groups is 1. The molecule has 0 radical (unpaired) electrons. The normalized spacial score (nSPS) is 9.79. The maximum absolute atomic E-state index is 10.5. The second-order valence-electron chi connectivity index (χ2n) is 2.68. The van der Waals surface area contributed by atoms with Crippen LogP contribution in [0.25, 0.3) is 0 Å². The van der Waals surface area contributed by atoms with E-state index >= 15 is 0 Å². The molecule has 0 spiro atoms. The van der Waals surface area contributed by atoms with Gasteiger partial charge in [-0.1, -0.05) is 22.0 Å². The van der Waals surface area contributed by atoms with E-state index in [0.717, 1.165) is 0 Å². The van der Waals surface area contributed by atoms with Crippen molar-refractivity contribution >= 4 is 21.6 Å². The fraction of sp³-hybridized carbons (Fsp3) is 0.111. The third kappa shape index (κ3) is 2.11. The van der Waals surface area contributed by atoms with Crippen LogP contribution in [0.3, 0.4) is 0 Å². The lowest BCUT2D eigenvalue weighted by atomic mass is 10.1. The minimum absolute atomic E-state index is 0.293. The Hall–Kier alpha value is -1.36. The fourth-order valence-corrected chi connectivity index (χ4v) is 1.58. The summed E-state index contributed by atoms with van der Waals surface area (Å²) in [6.07, 6.45) is 1.97. The van der Waals surface area contributed by atoms with Crippen LogP contribution in [0, 0.1) is 10.1 Å². The number of benzene rings is 1. The molecule has 0 amide bonds. The van der Waals surface area contributed by atoms with Gasteiger partial charge < -0.3 is 5.11 Å². The molecular formula is C9H8BrNO3. The molecular weight excluding hydrogens is 250 g/mol. The van der Waals surface area contributed by atoms with E-state index in [1.54, 1.807) is 12.1 Å². The van der Waals surface area contributed by atoms with Crippen LogP contribution < -0.4 is 0 Å². The lowest BCUT2D eigenvalue weighted by Gasteiger charge is -2.03. The second-order valence-corrected chi connectivity index (χ2v) is 3.60. The molecule has 1 rings (SSSR count). The van der Waals surface area contributed by atoms with Gasteiger partial charge in [-0.15, -0.1) is 6.58 Å². The van der Waals surface area contributed by atoms with E-state index in [4.69, 9.17) is 0 Å². The number of hydrogen-bond acceptors (Lipinski definition) is 3. The number of aromatic hydroxyl groups is 1. The van der Waals surface area contributed by atoms with Crippen molar-refractivity contribution in [3.8, 4) is 5.75 Å². The number of halogens is 1. The van der Waals surface area contributed by atoms with Gasteiger partial charge in [0.25, 0.3) is 0 Å². The van der Waals surface area contributed by atoms with E-state index in [1.165, 1.54) is 6.07 Å². The van der Waals surface area contributed by atoms with Crippen molar-refractivity contribution in [1.29, 1.82) is 0 Å². The first-order valence-corrected chi connectivity index (χ1v) is 4.62. The fourth-order valence-electron chi connectivity index (χ4n) is 1.09. The van der Waals surface area contributed by atoms with Crippen LogP contribution in [0.5, 0.6) is 5.75 Å². The Morgan fingerprint density at radius 3 is 2.79 bits per heavy atom. The highest BCUT2D eigenvalue weighted by Crippen LogP contribution is 2.33. The van der Waals surface area contributed by atoms with Gasteiger partial charge in [0, 0.05) is 16.1 Å². The Kier molecular flexibility index (Phi) is 3.24. The van der Waals surface area contributed by atoms with Crippen molar-refractivity contribution in [2.75, 3.05) is 0 Å². The lowest BCUT2D eigenvalue weighted by molar-refractivity contribution is -0.386. The number of nitrogens with zero attached hydrogens (tertiary/aromatic N) is 1. The van der Waals surface area contributed by atoms with E-state index in [-0.39, 0.29) is 11.4 Å². The molecule has 4 nitrogen and oxygen atoms in total. The van der Waals surface area contributed by atoms with Gasteiger partial charge in [-0.3, -0.25) is 10.1 Å². The molecule has 0 aliphatic carbocycles. The third-order valence-corrected chi connectivity index (χ3v) is 2.15. The molecule has 0 heterocycles. The van der Waals surface area contributed by atoms with E-state index in [9.17, 15) is 15.2 Å². The molecule has 1 aromatic rings. The zero-order valence-corrected chi connectivity index (χ0v) is 8.82. The topological polar surface area (TPSA) is 63.4 Å². The van der Waals surface area contributed by atoms with Crippen LogP contribution in [0.1, 0.15) is 5.56 Å². The smallest absolute Gasteiger partial charge is 0.312 e. The molecule has 0 saturated heterocycles. The molecule has 0 aliphatic heterocycles. The van der Waals surface area contributed by atoms with Gasteiger partial charge in [-0.25, -0.2) is 0 Å². The summed E-state index contributed by atoms with van der Waals surface area (Å²) >= 11 is 3.14. The molecule has 0 fully saturated rings. The molecule has 1 N–H and O–H groups in total. The van der Waals surface area contributed by atoms with Crippen molar-refractivity contribution < 1.29 is 10.0 Å². The van der Waals surface area contributed by atoms with Crippen molar-refractivity contribution in [2.45, 2.75) is 6.42 Å². The van der Waals surface area contributed by atoms with Gasteiger partial charge >= 0.3 is 5.69 Å². The summed E-state index contributed by atoms with van der Waals surface area (Å²) in [4.78, 5) is 9.91. The molecule has 0 aliphatic rings. The summed E-state index contributed by atoms with van der Waals surface area (Å²) in [5, 5.41) is 20.0. The first-order chi connectivity index (χ1) is 6.56. The Labute approximate surface area is 89.2 Å². The SMILES string of the molecule is C=CCc1cc(Br)cc([N+](=O)[O-])c1O. The molecule has 0 saturated carbocycles. The molecule has 1 aromatic carbocycles. The van der Waals surface area contributed by atoms with Crippen LogP contribution in [0.15, 0.2) is 29.3 Å². The van der Waals surface area contributed by atoms with Crippen molar-refractivity contribution in [1.82, 2.24) is 0 Å². The summed E-state index contributed by atoms with van der Waals surface area (Å²) in [5.74, 6) is -0.293. The number of phenolic OH excluding ortho intramolecular Hbond substituents is 1. The predicted octanol–water partition coefficient (Wildman–Crippen LogP) is 2.79. The van der Waals surface area contributed by atoms with Gasteiger partial charge in [0.2, 0.25) is 0 Å². The number of allylic oxidation sites excluding steroid dienone is 1. The monoisotopic (exact) mass is 257 g/mol. The highest BCUT2D eigenvalue weighted by molar-refractivity contribution is 9.10. The summed E-state index contributed by atoms with van der Waals surface area (Å²) in [6.45, 7) is 3.50. The zero-order valence-electron chi connectivity index (χ0n) is 7.24. The largest absolute Gasteiger partial charge is 0.502 e. The van der Waals surface area contributed by atoms with Gasteiger partial charge in [0.1, 0.15) is 0 Å². The molecule has 74 valence electrons. The molecule has 0 unspecified atom stereocenters. The zero-order chi connectivity index (χ0) is 10.7. The Morgan fingerprint density at radius 1 is 1.64 bits per heavy atom. The maximum atomic E-state index is 10.5. The van der Waals surface area contributed by atoms with Crippen LogP contribution >= 0.6 is 15.9 Å². The summed E-state index contributed by atoms with van der Waals surface area (Å²) in [7, 11) is 0. The average molecular weight is 258 g/mol. The Morgan fingerprint density at radius 2 is 2.29 bits per heavy atom.